The molecule has 1 heterocycles. The summed E-state index contributed by atoms with van der Waals surface area (Å²) in [6.45, 7) is 4.27. The Morgan fingerprint density at radius 1 is 1.21 bits per heavy atom. The molecule has 0 aromatic heterocycles. The molecule has 0 spiro atoms. The third kappa shape index (κ3) is 3.56. The molecule has 1 aliphatic carbocycles. The summed E-state index contributed by atoms with van der Waals surface area (Å²) in [4.78, 5) is 25.4. The van der Waals surface area contributed by atoms with Gasteiger partial charge in [0.15, 0.2) is 17.3 Å². The van der Waals surface area contributed by atoms with Crippen LogP contribution in [0.3, 0.4) is 0 Å². The van der Waals surface area contributed by atoms with Crippen molar-refractivity contribution in [2.45, 2.75) is 39.0 Å². The molecule has 1 aliphatic heterocycles. The topological polar surface area (TPSA) is 97.1 Å². The number of carbonyl (C=O) groups excluding carboxylic acids is 2. The number of methoxy groups -OCH3 is 1. The molecule has 1 aromatic carbocycles. The minimum absolute atomic E-state index is 0.0234. The van der Waals surface area contributed by atoms with Crippen molar-refractivity contribution < 1.29 is 28.5 Å². The van der Waals surface area contributed by atoms with Crippen LogP contribution in [0.2, 0.25) is 0 Å². The fourth-order valence-electron chi connectivity index (χ4n) is 3.64. The zero-order valence-corrected chi connectivity index (χ0v) is 16.4. The molecule has 0 saturated carbocycles. The summed E-state index contributed by atoms with van der Waals surface area (Å²) in [5.74, 6) is 0.290. The number of ether oxygens (including phenoxy) is 4. The monoisotopic (exact) mass is 387 g/mol. The van der Waals surface area contributed by atoms with E-state index in [1.807, 2.05) is 13.0 Å². The largest absolute Gasteiger partial charge is 0.493 e. The number of hydrogen-bond donors (Lipinski definition) is 1. The van der Waals surface area contributed by atoms with Gasteiger partial charge in [0.05, 0.1) is 26.2 Å². The van der Waals surface area contributed by atoms with E-state index in [9.17, 15) is 9.59 Å². The van der Waals surface area contributed by atoms with Crippen LogP contribution >= 0.6 is 0 Å². The highest BCUT2D eigenvalue weighted by Crippen LogP contribution is 2.45. The maximum absolute atomic E-state index is 12.8. The average molecular weight is 387 g/mol. The van der Waals surface area contributed by atoms with Crippen LogP contribution in [0.15, 0.2) is 41.0 Å². The molecule has 7 heteroatoms. The number of esters is 1. The molecule has 7 nitrogen and oxygen atoms in total. The first-order valence-electron chi connectivity index (χ1n) is 9.43. The fraction of sp³-hybridized carbons (Fsp3) is 0.429. The highest BCUT2D eigenvalue weighted by atomic mass is 16.5. The second kappa shape index (κ2) is 8.37. The lowest BCUT2D eigenvalue weighted by molar-refractivity contribution is -0.139. The number of allylic oxidation sites excluding steroid dienone is 2. The number of ketones is 1. The third-order valence-corrected chi connectivity index (χ3v) is 4.80. The summed E-state index contributed by atoms with van der Waals surface area (Å²) in [5.41, 5.74) is 7.39. The van der Waals surface area contributed by atoms with Crippen molar-refractivity contribution in [3.63, 3.8) is 0 Å². The molecular formula is C21H25NO6. The molecule has 0 unspecified atom stereocenters. The van der Waals surface area contributed by atoms with E-state index in [1.54, 1.807) is 26.2 Å². The number of nitrogens with two attached hydrogens (primary N) is 1. The van der Waals surface area contributed by atoms with Gasteiger partial charge in [-0.2, -0.15) is 0 Å². The summed E-state index contributed by atoms with van der Waals surface area (Å²) in [5, 5.41) is 0. The van der Waals surface area contributed by atoms with Crippen LogP contribution in [-0.4, -0.2) is 32.1 Å². The average Bonchev–Trinajstić information content (AvgIpc) is 2.67. The Bertz CT molecular complexity index is 854. The smallest absolute Gasteiger partial charge is 0.340 e. The van der Waals surface area contributed by atoms with Crippen molar-refractivity contribution in [3.05, 3.63) is 46.6 Å². The first-order valence-corrected chi connectivity index (χ1v) is 9.43. The van der Waals surface area contributed by atoms with Gasteiger partial charge in [-0.1, -0.05) is 6.07 Å². The fourth-order valence-corrected chi connectivity index (χ4v) is 3.64. The van der Waals surface area contributed by atoms with Crippen molar-refractivity contribution >= 4 is 11.8 Å². The Labute approximate surface area is 164 Å². The van der Waals surface area contributed by atoms with Crippen LogP contribution in [-0.2, 0) is 19.1 Å². The molecule has 1 atom stereocenters. The van der Waals surface area contributed by atoms with Crippen molar-refractivity contribution in [1.82, 2.24) is 0 Å². The molecular weight excluding hydrogens is 362 g/mol. The van der Waals surface area contributed by atoms with Gasteiger partial charge in [-0.25, -0.2) is 4.79 Å². The Hall–Kier alpha value is -2.96. The van der Waals surface area contributed by atoms with E-state index in [-0.39, 0.29) is 23.8 Å². The van der Waals surface area contributed by atoms with Gasteiger partial charge in [-0.15, -0.1) is 0 Å². The van der Waals surface area contributed by atoms with Gasteiger partial charge in [0.1, 0.15) is 11.3 Å². The van der Waals surface area contributed by atoms with Gasteiger partial charge in [-0.3, -0.25) is 4.79 Å². The standard InChI is InChI=1S/C21H25NO6/c1-4-26-14-10-9-12(11-16(14)25-3)17-18-13(23)7-6-8-15(18)28-20(22)19(17)21(24)27-5-2/h9-11,17H,4-8,22H2,1-3H3/t17-/m0/s1. The van der Waals surface area contributed by atoms with E-state index in [0.29, 0.717) is 54.3 Å². The number of carbonyl (C=O) groups is 2. The van der Waals surface area contributed by atoms with Gasteiger partial charge in [0.25, 0.3) is 0 Å². The minimum atomic E-state index is -0.667. The summed E-state index contributed by atoms with van der Waals surface area (Å²) in [6, 6.07) is 5.34. The number of Topliss-reactive ketones (excluding diaryl/α,β-unsaturated/α-hetero) is 1. The van der Waals surface area contributed by atoms with Crippen molar-refractivity contribution in [2.75, 3.05) is 20.3 Å². The van der Waals surface area contributed by atoms with E-state index in [2.05, 4.69) is 0 Å². The lowest BCUT2D eigenvalue weighted by Gasteiger charge is -2.32. The molecule has 1 aromatic rings. The molecule has 0 fully saturated rings. The van der Waals surface area contributed by atoms with Gasteiger partial charge >= 0.3 is 5.97 Å². The number of rotatable bonds is 6. The van der Waals surface area contributed by atoms with E-state index in [0.717, 1.165) is 0 Å². The van der Waals surface area contributed by atoms with Crippen molar-refractivity contribution in [2.24, 2.45) is 5.73 Å². The van der Waals surface area contributed by atoms with Crippen LogP contribution in [0.1, 0.15) is 44.6 Å². The quantitative estimate of drug-likeness (QED) is 0.750. The summed E-state index contributed by atoms with van der Waals surface area (Å²) in [7, 11) is 1.54. The molecule has 2 N–H and O–H groups in total. The van der Waals surface area contributed by atoms with E-state index < -0.39 is 11.9 Å². The zero-order chi connectivity index (χ0) is 20.3. The highest BCUT2D eigenvalue weighted by Gasteiger charge is 2.41. The first kappa shape index (κ1) is 19.8. The lowest BCUT2D eigenvalue weighted by atomic mass is 9.77. The second-order valence-electron chi connectivity index (χ2n) is 6.49. The number of hydrogen-bond acceptors (Lipinski definition) is 7. The van der Waals surface area contributed by atoms with Crippen LogP contribution < -0.4 is 15.2 Å². The highest BCUT2D eigenvalue weighted by molar-refractivity contribution is 6.03. The lowest BCUT2D eigenvalue weighted by Crippen LogP contribution is -2.31. The van der Waals surface area contributed by atoms with Gasteiger partial charge in [0.2, 0.25) is 5.88 Å². The van der Waals surface area contributed by atoms with E-state index >= 15 is 0 Å². The Balaban J connectivity index is 2.16. The van der Waals surface area contributed by atoms with Crippen LogP contribution in [0.25, 0.3) is 0 Å². The molecule has 150 valence electrons. The normalized spacial score (nSPS) is 19.1. The molecule has 2 aliphatic rings. The SMILES string of the molecule is CCOC(=O)C1=C(N)OC2=C(C(=O)CCC2)[C@@H]1c1ccc(OCC)c(OC)c1. The molecule has 0 amide bonds. The van der Waals surface area contributed by atoms with E-state index in [4.69, 9.17) is 24.7 Å². The molecule has 3 rings (SSSR count). The predicted octanol–water partition coefficient (Wildman–Crippen LogP) is 2.95. The third-order valence-electron chi connectivity index (χ3n) is 4.80. The van der Waals surface area contributed by atoms with Crippen molar-refractivity contribution in [1.29, 1.82) is 0 Å². The Morgan fingerprint density at radius 2 is 2.00 bits per heavy atom. The molecule has 0 radical (unpaired) electrons. The van der Waals surface area contributed by atoms with E-state index in [1.165, 1.54) is 0 Å². The van der Waals surface area contributed by atoms with Crippen LogP contribution in [0.4, 0.5) is 0 Å². The maximum atomic E-state index is 12.8. The first-order chi connectivity index (χ1) is 13.5. The summed E-state index contributed by atoms with van der Waals surface area (Å²) >= 11 is 0. The zero-order valence-electron chi connectivity index (χ0n) is 16.4. The maximum Gasteiger partial charge on any atom is 0.340 e. The minimum Gasteiger partial charge on any atom is -0.493 e. The van der Waals surface area contributed by atoms with Gasteiger partial charge < -0.3 is 24.7 Å². The summed E-state index contributed by atoms with van der Waals surface area (Å²) < 4.78 is 21.9. The molecule has 0 saturated heterocycles. The summed E-state index contributed by atoms with van der Waals surface area (Å²) in [6.07, 6.45) is 1.70. The van der Waals surface area contributed by atoms with Gasteiger partial charge in [0, 0.05) is 18.4 Å². The number of benzene rings is 1. The van der Waals surface area contributed by atoms with Crippen LogP contribution in [0.5, 0.6) is 11.5 Å². The van der Waals surface area contributed by atoms with Gasteiger partial charge in [-0.05, 0) is 38.0 Å². The molecule has 0 bridgehead atoms. The Morgan fingerprint density at radius 3 is 2.68 bits per heavy atom. The Kier molecular flexibility index (Phi) is 5.92. The van der Waals surface area contributed by atoms with Crippen molar-refractivity contribution in [3.8, 4) is 11.5 Å². The predicted molar refractivity (Wildman–Crippen MR) is 102 cm³/mol. The van der Waals surface area contributed by atoms with Crippen LogP contribution in [0, 0.1) is 0 Å². The second-order valence-corrected chi connectivity index (χ2v) is 6.49. The molecule has 28 heavy (non-hydrogen) atoms.